The quantitative estimate of drug-likeness (QED) is 0.540. The van der Waals surface area contributed by atoms with Crippen LogP contribution in [0.25, 0.3) is 0 Å². The first kappa shape index (κ1) is 19.8. The number of hydrogen-bond donors (Lipinski definition) is 2. The molecule has 0 aromatic rings. The smallest absolute Gasteiger partial charge is 0.410 e. The van der Waals surface area contributed by atoms with Gasteiger partial charge in [0.15, 0.2) is 5.96 Å². The highest BCUT2D eigenvalue weighted by Gasteiger charge is 2.42. The average molecular weight is 354 g/mol. The fourth-order valence-electron chi connectivity index (χ4n) is 2.79. The summed E-state index contributed by atoms with van der Waals surface area (Å²) in [5.41, 5.74) is -0.118. The van der Waals surface area contributed by atoms with E-state index in [0.29, 0.717) is 18.5 Å². The number of carbonyl (C=O) groups excluding carboxylic acids is 1. The van der Waals surface area contributed by atoms with Crippen molar-refractivity contribution in [2.24, 2.45) is 10.4 Å². The molecule has 1 heterocycles. The van der Waals surface area contributed by atoms with Crippen LogP contribution in [0.5, 0.6) is 0 Å². The molecule has 25 heavy (non-hydrogen) atoms. The van der Waals surface area contributed by atoms with Crippen LogP contribution in [0.15, 0.2) is 4.99 Å². The fourth-order valence-corrected chi connectivity index (χ4v) is 2.79. The fraction of sp³-hybridized carbons (Fsp3) is 0.889. The van der Waals surface area contributed by atoms with Crippen molar-refractivity contribution in [3.05, 3.63) is 0 Å². The van der Waals surface area contributed by atoms with E-state index in [-0.39, 0.29) is 12.1 Å². The Morgan fingerprint density at radius 3 is 2.52 bits per heavy atom. The van der Waals surface area contributed by atoms with Crippen molar-refractivity contribution in [2.45, 2.75) is 58.6 Å². The van der Waals surface area contributed by atoms with Crippen molar-refractivity contribution >= 4 is 12.1 Å². The van der Waals surface area contributed by atoms with Crippen molar-refractivity contribution < 1.29 is 14.3 Å². The molecule has 0 aromatic heterocycles. The zero-order valence-corrected chi connectivity index (χ0v) is 16.4. The normalized spacial score (nSPS) is 20.0. The van der Waals surface area contributed by atoms with E-state index in [2.05, 4.69) is 17.6 Å². The molecule has 1 saturated heterocycles. The molecular formula is C18H34N4O3. The predicted octanol–water partition coefficient (Wildman–Crippen LogP) is 1.98. The van der Waals surface area contributed by atoms with Gasteiger partial charge in [-0.05, 0) is 52.4 Å². The molecule has 0 atom stereocenters. The summed E-state index contributed by atoms with van der Waals surface area (Å²) in [6.45, 7) is 11.4. The first-order valence-corrected chi connectivity index (χ1v) is 9.29. The molecule has 2 fully saturated rings. The lowest BCUT2D eigenvalue weighted by molar-refractivity contribution is 0.00701. The second kappa shape index (κ2) is 8.25. The summed E-state index contributed by atoms with van der Waals surface area (Å²) in [5, 5.41) is 6.71. The molecule has 7 heteroatoms. The molecule has 1 saturated carbocycles. The maximum absolute atomic E-state index is 12.0. The number of carbonyl (C=O) groups is 1. The van der Waals surface area contributed by atoms with Gasteiger partial charge < -0.3 is 25.0 Å². The van der Waals surface area contributed by atoms with Crippen LogP contribution in [-0.2, 0) is 9.47 Å². The van der Waals surface area contributed by atoms with Crippen LogP contribution in [0.3, 0.4) is 0 Å². The van der Waals surface area contributed by atoms with E-state index in [4.69, 9.17) is 14.5 Å². The Labute approximate surface area is 151 Å². The SMILES string of the molecule is CCNC(=NCC1(CCOC)CC1)NC1CN(C(=O)OC(C)(C)C)C1. The number of amides is 1. The minimum Gasteiger partial charge on any atom is -0.444 e. The molecule has 1 aliphatic carbocycles. The molecule has 0 unspecified atom stereocenters. The topological polar surface area (TPSA) is 75.2 Å². The molecule has 144 valence electrons. The van der Waals surface area contributed by atoms with Gasteiger partial charge in [0.2, 0.25) is 0 Å². The second-order valence-corrected chi connectivity index (χ2v) is 8.16. The number of hydrogen-bond acceptors (Lipinski definition) is 4. The summed E-state index contributed by atoms with van der Waals surface area (Å²) >= 11 is 0. The van der Waals surface area contributed by atoms with E-state index in [1.165, 1.54) is 12.8 Å². The Morgan fingerprint density at radius 2 is 2.00 bits per heavy atom. The Bertz CT molecular complexity index is 477. The molecule has 1 amide bonds. The van der Waals surface area contributed by atoms with Crippen LogP contribution in [-0.4, -0.2) is 68.5 Å². The molecule has 0 radical (unpaired) electrons. The molecule has 2 rings (SSSR count). The summed E-state index contributed by atoms with van der Waals surface area (Å²) in [7, 11) is 1.75. The van der Waals surface area contributed by atoms with E-state index in [1.54, 1.807) is 12.0 Å². The summed E-state index contributed by atoms with van der Waals surface area (Å²) in [6.07, 6.45) is 3.29. The van der Waals surface area contributed by atoms with Gasteiger partial charge in [-0.3, -0.25) is 4.99 Å². The number of nitrogens with zero attached hydrogens (tertiary/aromatic N) is 2. The van der Waals surface area contributed by atoms with E-state index in [1.807, 2.05) is 20.8 Å². The van der Waals surface area contributed by atoms with Gasteiger partial charge in [0, 0.05) is 39.9 Å². The van der Waals surface area contributed by atoms with Crippen molar-refractivity contribution in [1.82, 2.24) is 15.5 Å². The third kappa shape index (κ3) is 6.38. The molecule has 0 bridgehead atoms. The van der Waals surface area contributed by atoms with Crippen molar-refractivity contribution in [1.29, 1.82) is 0 Å². The highest BCUT2D eigenvalue weighted by atomic mass is 16.6. The average Bonchev–Trinajstić information content (AvgIpc) is 3.24. The van der Waals surface area contributed by atoms with E-state index in [0.717, 1.165) is 32.1 Å². The van der Waals surface area contributed by atoms with Crippen LogP contribution in [0.2, 0.25) is 0 Å². The number of rotatable bonds is 7. The van der Waals surface area contributed by atoms with Crippen LogP contribution in [0.4, 0.5) is 4.79 Å². The van der Waals surface area contributed by atoms with Crippen molar-refractivity contribution in [3.63, 3.8) is 0 Å². The minimum absolute atomic E-state index is 0.222. The van der Waals surface area contributed by atoms with Gasteiger partial charge in [-0.2, -0.15) is 0 Å². The van der Waals surface area contributed by atoms with Crippen molar-refractivity contribution in [2.75, 3.05) is 39.9 Å². The summed E-state index contributed by atoms with van der Waals surface area (Å²) < 4.78 is 10.6. The Morgan fingerprint density at radius 1 is 1.32 bits per heavy atom. The zero-order chi connectivity index (χ0) is 18.5. The molecule has 0 spiro atoms. The number of methoxy groups -OCH3 is 1. The predicted molar refractivity (Wildman–Crippen MR) is 98.9 cm³/mol. The highest BCUT2D eigenvalue weighted by Crippen LogP contribution is 2.48. The number of ether oxygens (including phenoxy) is 2. The lowest BCUT2D eigenvalue weighted by Gasteiger charge is -2.40. The highest BCUT2D eigenvalue weighted by molar-refractivity contribution is 5.80. The number of guanidine groups is 1. The number of likely N-dealkylation sites (tertiary alicyclic amines) is 1. The second-order valence-electron chi connectivity index (χ2n) is 8.16. The summed E-state index contributed by atoms with van der Waals surface area (Å²) in [6, 6.07) is 0.222. The number of aliphatic imine (C=N–C) groups is 1. The first-order valence-electron chi connectivity index (χ1n) is 9.29. The van der Waals surface area contributed by atoms with Crippen LogP contribution >= 0.6 is 0 Å². The molecule has 2 aliphatic rings. The minimum atomic E-state index is -0.452. The van der Waals surface area contributed by atoms with Gasteiger partial charge in [-0.15, -0.1) is 0 Å². The molecule has 1 aliphatic heterocycles. The molecular weight excluding hydrogens is 320 g/mol. The maximum atomic E-state index is 12.0. The largest absolute Gasteiger partial charge is 0.444 e. The van der Waals surface area contributed by atoms with Gasteiger partial charge in [0.05, 0.1) is 6.04 Å². The van der Waals surface area contributed by atoms with Gasteiger partial charge in [-0.25, -0.2) is 4.79 Å². The Hall–Kier alpha value is -1.50. The summed E-state index contributed by atoms with van der Waals surface area (Å²) in [4.78, 5) is 18.5. The standard InChI is InChI=1S/C18H34N4O3/c1-6-19-15(20-13-18(7-8-18)9-10-24-5)21-14-11-22(12-14)16(23)25-17(2,3)4/h14H,6-13H2,1-5H3,(H2,19,20,21). The van der Waals surface area contributed by atoms with Gasteiger partial charge >= 0.3 is 6.09 Å². The van der Waals surface area contributed by atoms with E-state index < -0.39 is 5.60 Å². The maximum Gasteiger partial charge on any atom is 0.410 e. The van der Waals surface area contributed by atoms with Gasteiger partial charge in [0.25, 0.3) is 0 Å². The Balaban J connectivity index is 1.77. The molecule has 2 N–H and O–H groups in total. The zero-order valence-electron chi connectivity index (χ0n) is 16.4. The van der Waals surface area contributed by atoms with Gasteiger partial charge in [-0.1, -0.05) is 0 Å². The van der Waals surface area contributed by atoms with E-state index >= 15 is 0 Å². The first-order chi connectivity index (χ1) is 11.8. The number of nitrogens with one attached hydrogen (secondary N) is 2. The molecule has 7 nitrogen and oxygen atoms in total. The third-order valence-corrected chi connectivity index (χ3v) is 4.58. The third-order valence-electron chi connectivity index (χ3n) is 4.58. The van der Waals surface area contributed by atoms with Gasteiger partial charge in [0.1, 0.15) is 5.60 Å². The van der Waals surface area contributed by atoms with Crippen LogP contribution in [0, 0.1) is 5.41 Å². The Kier molecular flexibility index (Phi) is 6.54. The monoisotopic (exact) mass is 354 g/mol. The molecule has 0 aromatic carbocycles. The van der Waals surface area contributed by atoms with Crippen molar-refractivity contribution in [3.8, 4) is 0 Å². The summed E-state index contributed by atoms with van der Waals surface area (Å²) in [5.74, 6) is 0.833. The van der Waals surface area contributed by atoms with E-state index in [9.17, 15) is 4.79 Å². The lowest BCUT2D eigenvalue weighted by atomic mass is 10.0. The lowest BCUT2D eigenvalue weighted by Crippen LogP contribution is -2.63. The van der Waals surface area contributed by atoms with Crippen LogP contribution < -0.4 is 10.6 Å². The van der Waals surface area contributed by atoms with Crippen LogP contribution in [0.1, 0.15) is 47.0 Å².